The summed E-state index contributed by atoms with van der Waals surface area (Å²) < 4.78 is 10.4. The molecule has 0 amide bonds. The molecule has 1 aliphatic rings. The first-order valence-electron chi connectivity index (χ1n) is 5.48. The van der Waals surface area contributed by atoms with Crippen LogP contribution < -0.4 is 5.32 Å². The number of ether oxygens (including phenoxy) is 1. The van der Waals surface area contributed by atoms with Crippen LogP contribution in [0.1, 0.15) is 23.8 Å². The molecule has 1 aromatic heterocycles. The number of carbonyl (C=O) groups is 1. The van der Waals surface area contributed by atoms with Gasteiger partial charge >= 0.3 is 5.97 Å². The summed E-state index contributed by atoms with van der Waals surface area (Å²) in [5.41, 5.74) is 0. The first kappa shape index (κ1) is 12.5. The molecule has 0 aliphatic carbocycles. The van der Waals surface area contributed by atoms with E-state index in [0.29, 0.717) is 18.1 Å². The van der Waals surface area contributed by atoms with E-state index >= 15 is 0 Å². The van der Waals surface area contributed by atoms with Crippen molar-refractivity contribution >= 4 is 17.7 Å². The second-order valence-electron chi connectivity index (χ2n) is 3.65. The summed E-state index contributed by atoms with van der Waals surface area (Å²) in [4.78, 5) is 11.5. The fourth-order valence-corrected chi connectivity index (χ4v) is 2.80. The van der Waals surface area contributed by atoms with Crippen molar-refractivity contribution in [3.05, 3.63) is 23.7 Å². The van der Waals surface area contributed by atoms with Crippen LogP contribution in [-0.2, 0) is 16.1 Å². The summed E-state index contributed by atoms with van der Waals surface area (Å²) in [5.74, 6) is 1.70. The number of aliphatic hydroxyl groups excluding tert-OH is 1. The third-order valence-corrected chi connectivity index (χ3v) is 3.68. The first-order valence-corrected chi connectivity index (χ1v) is 6.53. The molecule has 0 spiro atoms. The predicted molar refractivity (Wildman–Crippen MR) is 63.4 cm³/mol. The molecule has 2 heterocycles. The number of carbonyl (C=O) groups excluding carboxylic acids is 1. The normalized spacial score (nSPS) is 23.9. The van der Waals surface area contributed by atoms with Gasteiger partial charge < -0.3 is 14.3 Å². The van der Waals surface area contributed by atoms with Crippen LogP contribution >= 0.6 is 11.8 Å². The van der Waals surface area contributed by atoms with Gasteiger partial charge in [-0.25, -0.2) is 0 Å². The number of furan rings is 1. The zero-order valence-corrected chi connectivity index (χ0v) is 10.3. The quantitative estimate of drug-likeness (QED) is 0.785. The fraction of sp³-hybridized carbons (Fsp3) is 0.545. The van der Waals surface area contributed by atoms with Crippen molar-refractivity contribution in [3.63, 3.8) is 0 Å². The lowest BCUT2D eigenvalue weighted by atomic mass is 10.3. The van der Waals surface area contributed by atoms with Crippen molar-refractivity contribution in [1.29, 1.82) is 0 Å². The minimum Gasteiger partial charge on any atom is -0.465 e. The van der Waals surface area contributed by atoms with Crippen molar-refractivity contribution in [2.45, 2.75) is 24.9 Å². The van der Waals surface area contributed by atoms with E-state index in [-0.39, 0.29) is 24.0 Å². The highest BCUT2D eigenvalue weighted by Crippen LogP contribution is 2.33. The Kier molecular flexibility index (Phi) is 4.09. The molecule has 94 valence electrons. The smallest absolute Gasteiger partial charge is 0.324 e. The van der Waals surface area contributed by atoms with Crippen molar-refractivity contribution in [2.24, 2.45) is 0 Å². The Balaban J connectivity index is 1.95. The van der Waals surface area contributed by atoms with Crippen LogP contribution in [0.3, 0.4) is 0 Å². The Morgan fingerprint density at radius 3 is 3.18 bits per heavy atom. The second-order valence-corrected chi connectivity index (χ2v) is 4.78. The van der Waals surface area contributed by atoms with Gasteiger partial charge in [0, 0.05) is 5.75 Å². The fourth-order valence-electron chi connectivity index (χ4n) is 1.63. The number of esters is 1. The van der Waals surface area contributed by atoms with Crippen molar-refractivity contribution < 1.29 is 19.1 Å². The molecule has 1 aromatic rings. The van der Waals surface area contributed by atoms with Crippen LogP contribution in [0.25, 0.3) is 0 Å². The average Bonchev–Trinajstić information content (AvgIpc) is 2.98. The lowest BCUT2D eigenvalue weighted by molar-refractivity contribution is -0.144. The van der Waals surface area contributed by atoms with Gasteiger partial charge in [0.25, 0.3) is 0 Å². The Morgan fingerprint density at radius 1 is 1.71 bits per heavy atom. The van der Waals surface area contributed by atoms with Gasteiger partial charge in [-0.2, -0.15) is 0 Å². The standard InChI is InChI=1S/C11H15NO4S/c1-2-15-11(14)8-6-17-10(12-8)9-4-3-7(5-13)16-9/h3-4,8,10,12-13H,2,5-6H2,1H3. The Morgan fingerprint density at radius 2 is 2.53 bits per heavy atom. The van der Waals surface area contributed by atoms with E-state index in [0.717, 1.165) is 5.76 Å². The van der Waals surface area contributed by atoms with E-state index in [1.165, 1.54) is 0 Å². The van der Waals surface area contributed by atoms with Gasteiger partial charge in [-0.3, -0.25) is 10.1 Å². The van der Waals surface area contributed by atoms with Crippen LogP contribution in [0.5, 0.6) is 0 Å². The number of hydrogen-bond acceptors (Lipinski definition) is 6. The highest BCUT2D eigenvalue weighted by Gasteiger charge is 2.33. The summed E-state index contributed by atoms with van der Waals surface area (Å²) in [7, 11) is 0. The minimum absolute atomic E-state index is 0.0512. The largest absolute Gasteiger partial charge is 0.465 e. The predicted octanol–water partition coefficient (Wildman–Crippen LogP) is 1.04. The minimum atomic E-state index is -0.285. The summed E-state index contributed by atoms with van der Waals surface area (Å²) in [6.45, 7) is 2.07. The molecule has 0 aromatic carbocycles. The van der Waals surface area contributed by atoms with Crippen molar-refractivity contribution in [2.75, 3.05) is 12.4 Å². The Hall–Kier alpha value is -0.980. The van der Waals surface area contributed by atoms with Crippen molar-refractivity contribution in [3.8, 4) is 0 Å². The maximum Gasteiger partial charge on any atom is 0.324 e. The van der Waals surface area contributed by atoms with Crippen LogP contribution in [-0.4, -0.2) is 29.5 Å². The number of thioether (sulfide) groups is 1. The molecular formula is C11H15NO4S. The highest BCUT2D eigenvalue weighted by molar-refractivity contribution is 7.99. The van der Waals surface area contributed by atoms with Crippen LogP contribution in [0.4, 0.5) is 0 Å². The molecule has 2 N–H and O–H groups in total. The number of aliphatic hydroxyl groups is 1. The topological polar surface area (TPSA) is 71.7 Å². The molecule has 0 radical (unpaired) electrons. The lowest BCUT2D eigenvalue weighted by Crippen LogP contribution is -2.35. The molecule has 2 rings (SSSR count). The maximum atomic E-state index is 11.5. The number of hydrogen-bond donors (Lipinski definition) is 2. The summed E-state index contributed by atoms with van der Waals surface area (Å²) in [6, 6.07) is 3.26. The van der Waals surface area contributed by atoms with E-state index in [2.05, 4.69) is 5.32 Å². The molecule has 17 heavy (non-hydrogen) atoms. The zero-order valence-electron chi connectivity index (χ0n) is 9.51. The van der Waals surface area contributed by atoms with Crippen LogP contribution in [0.2, 0.25) is 0 Å². The molecule has 1 saturated heterocycles. The van der Waals surface area contributed by atoms with Gasteiger partial charge in [-0.15, -0.1) is 11.8 Å². The molecule has 6 heteroatoms. The molecular weight excluding hydrogens is 242 g/mol. The maximum absolute atomic E-state index is 11.5. The van der Waals surface area contributed by atoms with Crippen molar-refractivity contribution in [1.82, 2.24) is 5.32 Å². The third kappa shape index (κ3) is 2.83. The van der Waals surface area contributed by atoms with Gasteiger partial charge in [-0.1, -0.05) is 0 Å². The molecule has 1 aliphatic heterocycles. The van der Waals surface area contributed by atoms with Gasteiger partial charge in [0.15, 0.2) is 0 Å². The molecule has 2 unspecified atom stereocenters. The summed E-state index contributed by atoms with van der Waals surface area (Å²) >= 11 is 1.59. The monoisotopic (exact) mass is 257 g/mol. The van der Waals surface area contributed by atoms with E-state index < -0.39 is 0 Å². The molecule has 0 bridgehead atoms. The zero-order chi connectivity index (χ0) is 12.3. The Labute approximate surface area is 104 Å². The van der Waals surface area contributed by atoms with Gasteiger partial charge in [-0.05, 0) is 19.1 Å². The summed E-state index contributed by atoms with van der Waals surface area (Å²) in [6.07, 6.45) is 0. The SMILES string of the molecule is CCOC(=O)C1CSC(c2ccc(CO)o2)N1. The molecule has 5 nitrogen and oxygen atoms in total. The Bertz CT molecular complexity index is 393. The molecule has 1 fully saturated rings. The molecule has 2 atom stereocenters. The van der Waals surface area contributed by atoms with Crippen LogP contribution in [0.15, 0.2) is 16.5 Å². The number of rotatable bonds is 4. The van der Waals surface area contributed by atoms with Gasteiger partial charge in [0.05, 0.1) is 6.61 Å². The summed E-state index contributed by atoms with van der Waals surface area (Å²) in [5, 5.41) is 12.0. The van der Waals surface area contributed by atoms with Gasteiger partial charge in [0.1, 0.15) is 29.5 Å². The van der Waals surface area contributed by atoms with Crippen LogP contribution in [0, 0.1) is 0 Å². The van der Waals surface area contributed by atoms with E-state index in [1.54, 1.807) is 24.8 Å². The first-order chi connectivity index (χ1) is 8.24. The van der Waals surface area contributed by atoms with Gasteiger partial charge in [0.2, 0.25) is 0 Å². The third-order valence-electron chi connectivity index (χ3n) is 2.45. The number of nitrogens with one attached hydrogen (secondary N) is 1. The van der Waals surface area contributed by atoms with E-state index in [9.17, 15) is 4.79 Å². The van der Waals surface area contributed by atoms with E-state index in [1.807, 2.05) is 6.07 Å². The van der Waals surface area contributed by atoms with E-state index in [4.69, 9.17) is 14.3 Å². The second kappa shape index (κ2) is 5.57. The molecule has 0 saturated carbocycles. The average molecular weight is 257 g/mol. The lowest BCUT2D eigenvalue weighted by Gasteiger charge is -2.10. The highest BCUT2D eigenvalue weighted by atomic mass is 32.2.